The van der Waals surface area contributed by atoms with Crippen LogP contribution in [-0.4, -0.2) is 5.97 Å². The Kier molecular flexibility index (Phi) is 3.51. The molecule has 1 heterocycles. The first-order chi connectivity index (χ1) is 12.3. The van der Waals surface area contributed by atoms with Gasteiger partial charge in [0.15, 0.2) is 0 Å². The Morgan fingerprint density at radius 3 is 2.40 bits per heavy atom. The lowest BCUT2D eigenvalue weighted by molar-refractivity contribution is -0.145. The molecular weight excluding hydrogens is 308 g/mol. The number of esters is 1. The summed E-state index contributed by atoms with van der Waals surface area (Å²) in [6.07, 6.45) is 4.54. The smallest absolute Gasteiger partial charge is 0.315 e. The van der Waals surface area contributed by atoms with E-state index in [1.165, 1.54) is 30.4 Å². The monoisotopic (exact) mass is 330 g/mol. The van der Waals surface area contributed by atoms with Crippen LogP contribution in [0.5, 0.6) is 0 Å². The van der Waals surface area contributed by atoms with Crippen molar-refractivity contribution in [3.63, 3.8) is 0 Å². The predicted octanol–water partition coefficient (Wildman–Crippen LogP) is 4.86. The molecule has 0 N–H and O–H groups in total. The predicted molar refractivity (Wildman–Crippen MR) is 97.4 cm³/mol. The number of hydrogen-bond acceptors (Lipinski definition) is 2. The minimum absolute atomic E-state index is 0.0276. The van der Waals surface area contributed by atoms with Crippen LogP contribution in [0.2, 0.25) is 0 Å². The van der Waals surface area contributed by atoms with Crippen LogP contribution >= 0.6 is 0 Å². The molecule has 0 radical (unpaired) electrons. The van der Waals surface area contributed by atoms with Crippen LogP contribution in [0.15, 0.2) is 66.2 Å². The summed E-state index contributed by atoms with van der Waals surface area (Å²) in [5.74, 6) is 2.43. The molecule has 0 spiro atoms. The second-order valence-corrected chi connectivity index (χ2v) is 7.66. The number of fused-ring (bicyclic) bond motifs is 5. The molecule has 2 fully saturated rings. The number of benzene rings is 2. The Bertz CT molecular complexity index is 822. The fourth-order valence-electron chi connectivity index (χ4n) is 5.31. The Morgan fingerprint density at radius 1 is 0.920 bits per heavy atom. The number of cyclic esters (lactones) is 1. The summed E-state index contributed by atoms with van der Waals surface area (Å²) < 4.78 is 5.96. The van der Waals surface area contributed by atoms with Gasteiger partial charge in [0.05, 0.1) is 5.92 Å². The molecule has 2 aromatic rings. The third kappa shape index (κ3) is 2.43. The van der Waals surface area contributed by atoms with Crippen molar-refractivity contribution >= 4 is 11.7 Å². The molecule has 0 saturated heterocycles. The maximum absolute atomic E-state index is 12.9. The van der Waals surface area contributed by atoms with E-state index in [2.05, 4.69) is 36.4 Å². The SMILES string of the molecule is O=C1OC(c2ccccc2)=C2C3CCC(C3)C2C1Cc1ccccc1. The van der Waals surface area contributed by atoms with Gasteiger partial charge in [-0.3, -0.25) is 4.79 Å². The molecule has 2 heteroatoms. The Morgan fingerprint density at radius 2 is 1.64 bits per heavy atom. The average molecular weight is 330 g/mol. The summed E-state index contributed by atoms with van der Waals surface area (Å²) in [7, 11) is 0. The number of hydrogen-bond donors (Lipinski definition) is 0. The number of ether oxygens (including phenoxy) is 1. The van der Waals surface area contributed by atoms with Crippen molar-refractivity contribution in [2.24, 2.45) is 23.7 Å². The zero-order valence-electron chi connectivity index (χ0n) is 14.2. The Hall–Kier alpha value is -2.35. The molecule has 2 bridgehead atoms. The summed E-state index contributed by atoms with van der Waals surface area (Å²) in [5.41, 5.74) is 3.72. The second-order valence-electron chi connectivity index (χ2n) is 7.66. The van der Waals surface area contributed by atoms with Gasteiger partial charge < -0.3 is 4.74 Å². The van der Waals surface area contributed by atoms with E-state index in [-0.39, 0.29) is 11.9 Å². The third-order valence-corrected chi connectivity index (χ3v) is 6.32. The highest BCUT2D eigenvalue weighted by Gasteiger charge is 2.53. The van der Waals surface area contributed by atoms with Crippen LogP contribution in [0.1, 0.15) is 30.4 Å². The van der Waals surface area contributed by atoms with Gasteiger partial charge in [0, 0.05) is 11.5 Å². The zero-order chi connectivity index (χ0) is 16.8. The molecule has 2 aliphatic carbocycles. The molecule has 1 aliphatic heterocycles. The van der Waals surface area contributed by atoms with E-state index in [9.17, 15) is 4.79 Å². The van der Waals surface area contributed by atoms with Crippen molar-refractivity contribution < 1.29 is 9.53 Å². The van der Waals surface area contributed by atoms with Crippen LogP contribution in [-0.2, 0) is 16.0 Å². The molecule has 3 aliphatic rings. The highest BCUT2D eigenvalue weighted by molar-refractivity contribution is 5.85. The highest BCUT2D eigenvalue weighted by Crippen LogP contribution is 2.59. The van der Waals surface area contributed by atoms with Gasteiger partial charge in [0.1, 0.15) is 5.76 Å². The van der Waals surface area contributed by atoms with E-state index < -0.39 is 0 Å². The second kappa shape index (κ2) is 5.87. The molecule has 4 atom stereocenters. The van der Waals surface area contributed by atoms with Crippen LogP contribution in [0.4, 0.5) is 0 Å². The molecule has 4 unspecified atom stereocenters. The molecule has 2 saturated carbocycles. The fraction of sp³-hybridized carbons (Fsp3) is 0.348. The van der Waals surface area contributed by atoms with Gasteiger partial charge in [-0.1, -0.05) is 60.7 Å². The van der Waals surface area contributed by atoms with Crippen molar-refractivity contribution in [3.8, 4) is 0 Å². The van der Waals surface area contributed by atoms with E-state index >= 15 is 0 Å². The lowest BCUT2D eigenvalue weighted by atomic mass is 9.71. The topological polar surface area (TPSA) is 26.3 Å². The van der Waals surface area contributed by atoms with E-state index in [1.807, 2.05) is 24.3 Å². The lowest BCUT2D eigenvalue weighted by Gasteiger charge is -2.37. The van der Waals surface area contributed by atoms with Gasteiger partial charge in [-0.2, -0.15) is 0 Å². The Labute approximate surface area is 148 Å². The molecule has 5 rings (SSSR count). The van der Waals surface area contributed by atoms with Gasteiger partial charge >= 0.3 is 5.97 Å². The first-order valence-electron chi connectivity index (χ1n) is 9.36. The largest absolute Gasteiger partial charge is 0.426 e. The molecule has 2 nitrogen and oxygen atoms in total. The van der Waals surface area contributed by atoms with E-state index in [4.69, 9.17) is 4.74 Å². The lowest BCUT2D eigenvalue weighted by Crippen LogP contribution is -2.36. The molecule has 0 aromatic heterocycles. The van der Waals surface area contributed by atoms with Crippen LogP contribution in [0.25, 0.3) is 5.76 Å². The first-order valence-corrected chi connectivity index (χ1v) is 9.36. The van der Waals surface area contributed by atoms with Crippen LogP contribution in [0.3, 0.4) is 0 Å². The van der Waals surface area contributed by atoms with Gasteiger partial charge in [0.25, 0.3) is 0 Å². The number of carbonyl (C=O) groups excluding carboxylic acids is 1. The van der Waals surface area contributed by atoms with Crippen molar-refractivity contribution in [2.45, 2.75) is 25.7 Å². The van der Waals surface area contributed by atoms with E-state index in [0.717, 1.165) is 17.7 Å². The van der Waals surface area contributed by atoms with Gasteiger partial charge in [-0.25, -0.2) is 0 Å². The summed E-state index contributed by atoms with van der Waals surface area (Å²) in [6.45, 7) is 0. The molecule has 25 heavy (non-hydrogen) atoms. The van der Waals surface area contributed by atoms with E-state index in [1.54, 1.807) is 0 Å². The van der Waals surface area contributed by atoms with Crippen molar-refractivity contribution in [3.05, 3.63) is 77.4 Å². The minimum Gasteiger partial charge on any atom is -0.426 e. The first kappa shape index (κ1) is 14.9. The molecule has 2 aromatic carbocycles. The fourth-order valence-corrected chi connectivity index (χ4v) is 5.31. The van der Waals surface area contributed by atoms with Crippen molar-refractivity contribution in [1.29, 1.82) is 0 Å². The maximum Gasteiger partial charge on any atom is 0.315 e. The van der Waals surface area contributed by atoms with Gasteiger partial charge in [-0.15, -0.1) is 0 Å². The average Bonchev–Trinajstić information content (AvgIpc) is 3.27. The number of carbonyl (C=O) groups is 1. The normalized spacial score (nSPS) is 30.3. The quantitative estimate of drug-likeness (QED) is 0.751. The minimum atomic E-state index is -0.0380. The molecule has 0 amide bonds. The van der Waals surface area contributed by atoms with Gasteiger partial charge in [-0.05, 0) is 48.7 Å². The standard InChI is InChI=1S/C23H22O2/c24-23-19(13-15-7-3-1-4-8-15)20-17-11-12-18(14-17)21(20)22(25-23)16-9-5-2-6-10-16/h1-10,17-20H,11-14H2. The van der Waals surface area contributed by atoms with Crippen LogP contribution < -0.4 is 0 Å². The number of rotatable bonds is 3. The molecular formula is C23H22O2. The Balaban J connectivity index is 1.57. The maximum atomic E-state index is 12.9. The summed E-state index contributed by atoms with van der Waals surface area (Å²) in [6, 6.07) is 20.6. The van der Waals surface area contributed by atoms with Crippen LogP contribution in [0, 0.1) is 23.7 Å². The number of allylic oxidation sites excluding steroid dienone is 1. The van der Waals surface area contributed by atoms with Crippen molar-refractivity contribution in [1.82, 2.24) is 0 Å². The van der Waals surface area contributed by atoms with Gasteiger partial charge in [0.2, 0.25) is 0 Å². The third-order valence-electron chi connectivity index (χ3n) is 6.32. The summed E-state index contributed by atoms with van der Waals surface area (Å²) in [4.78, 5) is 12.9. The van der Waals surface area contributed by atoms with Crippen molar-refractivity contribution in [2.75, 3.05) is 0 Å². The zero-order valence-corrected chi connectivity index (χ0v) is 14.2. The summed E-state index contributed by atoms with van der Waals surface area (Å²) in [5, 5.41) is 0. The summed E-state index contributed by atoms with van der Waals surface area (Å²) >= 11 is 0. The highest BCUT2D eigenvalue weighted by atomic mass is 16.5. The molecule has 126 valence electrons. The van der Waals surface area contributed by atoms with E-state index in [0.29, 0.717) is 17.8 Å².